The minimum absolute atomic E-state index is 0.151. The Hall–Kier alpha value is -1.19. The lowest BCUT2D eigenvalue weighted by molar-refractivity contribution is 0.550. The summed E-state index contributed by atoms with van der Waals surface area (Å²) in [6.45, 7) is 2.18. The SMILES string of the molecule is CCCC(NC)c1ccc(-c2ccccc2F)s1. The molecule has 2 rings (SSSR count). The molecular formula is C15H18FNS. The van der Waals surface area contributed by atoms with Gasteiger partial charge in [-0.05, 0) is 31.7 Å². The molecular weight excluding hydrogens is 245 g/mol. The number of halogens is 1. The van der Waals surface area contributed by atoms with Gasteiger partial charge in [0.05, 0.1) is 0 Å². The van der Waals surface area contributed by atoms with Gasteiger partial charge in [-0.25, -0.2) is 4.39 Å². The fraction of sp³-hybridized carbons (Fsp3) is 0.333. The van der Waals surface area contributed by atoms with Crippen LogP contribution in [-0.2, 0) is 0 Å². The summed E-state index contributed by atoms with van der Waals surface area (Å²) in [5.74, 6) is -0.151. The zero-order valence-electron chi connectivity index (χ0n) is 10.7. The molecule has 96 valence electrons. The van der Waals surface area contributed by atoms with Crippen LogP contribution in [-0.4, -0.2) is 7.05 Å². The third kappa shape index (κ3) is 2.79. The number of hydrogen-bond donors (Lipinski definition) is 1. The number of rotatable bonds is 5. The van der Waals surface area contributed by atoms with Crippen molar-refractivity contribution in [3.8, 4) is 10.4 Å². The van der Waals surface area contributed by atoms with E-state index in [1.165, 1.54) is 10.9 Å². The number of thiophene rings is 1. The molecule has 0 aliphatic carbocycles. The Kier molecular flexibility index (Phi) is 4.50. The van der Waals surface area contributed by atoms with Crippen LogP contribution in [0, 0.1) is 5.82 Å². The summed E-state index contributed by atoms with van der Waals surface area (Å²) in [4.78, 5) is 2.28. The van der Waals surface area contributed by atoms with Crippen molar-refractivity contribution in [1.82, 2.24) is 5.32 Å². The van der Waals surface area contributed by atoms with Crippen molar-refractivity contribution >= 4 is 11.3 Å². The Morgan fingerprint density at radius 1 is 1.22 bits per heavy atom. The first-order valence-electron chi connectivity index (χ1n) is 6.28. The summed E-state index contributed by atoms with van der Waals surface area (Å²) in [6.07, 6.45) is 2.24. The molecule has 3 heteroatoms. The van der Waals surface area contributed by atoms with Crippen LogP contribution in [0.15, 0.2) is 36.4 Å². The zero-order chi connectivity index (χ0) is 13.0. The quantitative estimate of drug-likeness (QED) is 0.830. The lowest BCUT2D eigenvalue weighted by Crippen LogP contribution is -2.14. The molecule has 0 saturated carbocycles. The van der Waals surface area contributed by atoms with E-state index < -0.39 is 0 Å². The largest absolute Gasteiger partial charge is 0.312 e. The molecule has 1 aromatic carbocycles. The van der Waals surface area contributed by atoms with Gasteiger partial charge in [0.25, 0.3) is 0 Å². The molecule has 0 aliphatic rings. The smallest absolute Gasteiger partial charge is 0.131 e. The van der Waals surface area contributed by atoms with Gasteiger partial charge < -0.3 is 5.32 Å². The van der Waals surface area contributed by atoms with E-state index in [0.29, 0.717) is 11.6 Å². The molecule has 0 amide bonds. The van der Waals surface area contributed by atoms with E-state index in [1.807, 2.05) is 25.2 Å². The molecule has 0 saturated heterocycles. The first-order valence-corrected chi connectivity index (χ1v) is 7.09. The Morgan fingerprint density at radius 3 is 2.67 bits per heavy atom. The minimum Gasteiger partial charge on any atom is -0.312 e. The van der Waals surface area contributed by atoms with Crippen LogP contribution in [0.1, 0.15) is 30.7 Å². The van der Waals surface area contributed by atoms with Crippen molar-refractivity contribution in [3.63, 3.8) is 0 Å². The van der Waals surface area contributed by atoms with Gasteiger partial charge in [0, 0.05) is 21.4 Å². The predicted molar refractivity (Wildman–Crippen MR) is 76.4 cm³/mol. The fourth-order valence-electron chi connectivity index (χ4n) is 2.06. The summed E-state index contributed by atoms with van der Waals surface area (Å²) in [5.41, 5.74) is 0.695. The highest BCUT2D eigenvalue weighted by atomic mass is 32.1. The van der Waals surface area contributed by atoms with Crippen molar-refractivity contribution in [2.75, 3.05) is 7.05 Å². The third-order valence-electron chi connectivity index (χ3n) is 3.04. The summed E-state index contributed by atoms with van der Waals surface area (Å²) in [7, 11) is 1.98. The second-order valence-corrected chi connectivity index (χ2v) is 5.43. The molecule has 18 heavy (non-hydrogen) atoms. The van der Waals surface area contributed by atoms with Gasteiger partial charge in [-0.15, -0.1) is 11.3 Å². The fourth-order valence-corrected chi connectivity index (χ4v) is 3.24. The number of hydrogen-bond acceptors (Lipinski definition) is 2. The Labute approximate surface area is 112 Å². The molecule has 1 heterocycles. The van der Waals surface area contributed by atoms with E-state index in [4.69, 9.17) is 0 Å². The average molecular weight is 263 g/mol. The molecule has 0 aliphatic heterocycles. The van der Waals surface area contributed by atoms with Gasteiger partial charge in [-0.1, -0.05) is 31.5 Å². The molecule has 0 bridgehead atoms. The highest BCUT2D eigenvalue weighted by Crippen LogP contribution is 2.33. The number of benzene rings is 1. The van der Waals surface area contributed by atoms with E-state index in [0.717, 1.165) is 17.7 Å². The topological polar surface area (TPSA) is 12.0 Å². The van der Waals surface area contributed by atoms with E-state index in [9.17, 15) is 4.39 Å². The summed E-state index contributed by atoms with van der Waals surface area (Å²) >= 11 is 1.67. The van der Waals surface area contributed by atoms with Crippen molar-refractivity contribution in [3.05, 3.63) is 47.1 Å². The second-order valence-electron chi connectivity index (χ2n) is 4.31. The van der Waals surface area contributed by atoms with Crippen molar-refractivity contribution in [1.29, 1.82) is 0 Å². The summed E-state index contributed by atoms with van der Waals surface area (Å²) in [6, 6.07) is 11.4. The van der Waals surface area contributed by atoms with Crippen LogP contribution >= 0.6 is 11.3 Å². The molecule has 1 N–H and O–H groups in total. The maximum absolute atomic E-state index is 13.7. The zero-order valence-corrected chi connectivity index (χ0v) is 11.6. The normalized spacial score (nSPS) is 12.6. The van der Waals surface area contributed by atoms with E-state index >= 15 is 0 Å². The Bertz CT molecular complexity index is 507. The average Bonchev–Trinajstić information content (AvgIpc) is 2.85. The van der Waals surface area contributed by atoms with Gasteiger partial charge in [0.15, 0.2) is 0 Å². The molecule has 1 atom stereocenters. The van der Waals surface area contributed by atoms with Gasteiger partial charge in [0.1, 0.15) is 5.82 Å². The highest BCUT2D eigenvalue weighted by molar-refractivity contribution is 7.15. The maximum atomic E-state index is 13.7. The van der Waals surface area contributed by atoms with E-state index in [1.54, 1.807) is 17.4 Å². The van der Waals surface area contributed by atoms with Crippen molar-refractivity contribution in [2.24, 2.45) is 0 Å². The summed E-state index contributed by atoms with van der Waals surface area (Å²) in [5, 5.41) is 3.32. The van der Waals surface area contributed by atoms with Gasteiger partial charge in [0.2, 0.25) is 0 Å². The van der Waals surface area contributed by atoms with Crippen LogP contribution < -0.4 is 5.32 Å². The maximum Gasteiger partial charge on any atom is 0.131 e. The highest BCUT2D eigenvalue weighted by Gasteiger charge is 2.13. The van der Waals surface area contributed by atoms with E-state index in [2.05, 4.69) is 18.3 Å². The molecule has 0 spiro atoms. The van der Waals surface area contributed by atoms with Crippen LogP contribution in [0.4, 0.5) is 4.39 Å². The lowest BCUT2D eigenvalue weighted by atomic mass is 10.1. The van der Waals surface area contributed by atoms with Gasteiger partial charge in [-0.3, -0.25) is 0 Å². The minimum atomic E-state index is -0.151. The van der Waals surface area contributed by atoms with Crippen molar-refractivity contribution in [2.45, 2.75) is 25.8 Å². The first-order chi connectivity index (χ1) is 8.76. The second kappa shape index (κ2) is 6.12. The Morgan fingerprint density at radius 2 is 2.00 bits per heavy atom. The first kappa shape index (κ1) is 13.2. The molecule has 1 aromatic heterocycles. The lowest BCUT2D eigenvalue weighted by Gasteiger charge is -2.12. The van der Waals surface area contributed by atoms with Crippen LogP contribution in [0.25, 0.3) is 10.4 Å². The third-order valence-corrected chi connectivity index (χ3v) is 4.27. The number of nitrogens with one attached hydrogen (secondary N) is 1. The summed E-state index contributed by atoms with van der Waals surface area (Å²) < 4.78 is 13.7. The predicted octanol–water partition coefficient (Wildman–Crippen LogP) is 4.61. The molecule has 1 unspecified atom stereocenters. The molecule has 2 aromatic rings. The molecule has 1 nitrogen and oxygen atoms in total. The van der Waals surface area contributed by atoms with Gasteiger partial charge in [-0.2, -0.15) is 0 Å². The van der Waals surface area contributed by atoms with E-state index in [-0.39, 0.29) is 5.82 Å². The molecule has 0 fully saturated rings. The van der Waals surface area contributed by atoms with Crippen LogP contribution in [0.2, 0.25) is 0 Å². The monoisotopic (exact) mass is 263 g/mol. The molecule has 0 radical (unpaired) electrons. The van der Waals surface area contributed by atoms with Crippen LogP contribution in [0.3, 0.4) is 0 Å². The Balaban J connectivity index is 2.28. The van der Waals surface area contributed by atoms with Crippen molar-refractivity contribution < 1.29 is 4.39 Å². The van der Waals surface area contributed by atoms with Crippen LogP contribution in [0.5, 0.6) is 0 Å². The standard InChI is InChI=1S/C15H18FNS/c1-3-6-13(17-2)15-10-9-14(18-15)11-7-4-5-8-12(11)16/h4-5,7-10,13,17H,3,6H2,1-2H3. The van der Waals surface area contributed by atoms with Gasteiger partial charge >= 0.3 is 0 Å².